The summed E-state index contributed by atoms with van der Waals surface area (Å²) in [5.41, 5.74) is 1.64. The second kappa shape index (κ2) is 7.87. The molecule has 1 N–H and O–H groups in total. The largest absolute Gasteiger partial charge is 0.509 e. The number of ether oxygens (including phenoxy) is 1. The summed E-state index contributed by atoms with van der Waals surface area (Å²) < 4.78 is 4.96. The van der Waals surface area contributed by atoms with Crippen LogP contribution in [0.2, 0.25) is 0 Å². The Bertz CT molecular complexity index is 814. The van der Waals surface area contributed by atoms with Gasteiger partial charge in [-0.15, -0.1) is 0 Å². The maximum Gasteiger partial charge on any atom is 0.347 e. The molecule has 1 aliphatic heterocycles. The van der Waals surface area contributed by atoms with E-state index >= 15 is 0 Å². The van der Waals surface area contributed by atoms with Gasteiger partial charge in [-0.2, -0.15) is 0 Å². The van der Waals surface area contributed by atoms with Gasteiger partial charge in [0.25, 0.3) is 5.91 Å². The Kier molecular flexibility index (Phi) is 5.37. The van der Waals surface area contributed by atoms with Crippen LogP contribution in [-0.4, -0.2) is 34.5 Å². The van der Waals surface area contributed by atoms with Crippen LogP contribution in [0.15, 0.2) is 72.0 Å². The molecule has 0 radical (unpaired) electrons. The minimum atomic E-state index is -0.774. The monoisotopic (exact) mass is 351 g/mol. The predicted molar refractivity (Wildman–Crippen MR) is 97.2 cm³/mol. The molecule has 5 heteroatoms. The summed E-state index contributed by atoms with van der Waals surface area (Å²) in [6.07, 6.45) is 0.425. The highest BCUT2D eigenvalue weighted by Gasteiger charge is 2.43. The summed E-state index contributed by atoms with van der Waals surface area (Å²) in [7, 11) is 0. The van der Waals surface area contributed by atoms with Crippen molar-refractivity contribution in [3.8, 4) is 0 Å². The molecule has 2 aromatic carbocycles. The zero-order chi connectivity index (χ0) is 18.5. The standard InChI is InChI=1S/C21H21NO4/c1-2-26-21(25)18-19(23)17(13-15-9-5-3-6-10-15)22(20(18)24)14-16-11-7-4-8-12-16/h3-12,17,23H,2,13-14H2,1H3/t17-/m1/s1. The number of nitrogens with zero attached hydrogens (tertiary/aromatic N) is 1. The molecule has 0 aliphatic carbocycles. The van der Waals surface area contributed by atoms with Crippen LogP contribution in [0.1, 0.15) is 18.1 Å². The Morgan fingerprint density at radius 3 is 2.19 bits per heavy atom. The molecular formula is C21H21NO4. The summed E-state index contributed by atoms with van der Waals surface area (Å²) in [6, 6.07) is 18.5. The Hall–Kier alpha value is -3.08. The van der Waals surface area contributed by atoms with Crippen LogP contribution in [0.4, 0.5) is 0 Å². The van der Waals surface area contributed by atoms with Gasteiger partial charge in [-0.05, 0) is 18.1 Å². The van der Waals surface area contributed by atoms with E-state index in [9.17, 15) is 14.7 Å². The molecule has 1 amide bonds. The van der Waals surface area contributed by atoms with Crippen molar-refractivity contribution in [1.82, 2.24) is 4.90 Å². The van der Waals surface area contributed by atoms with Crippen LogP contribution < -0.4 is 0 Å². The van der Waals surface area contributed by atoms with Crippen LogP contribution in [0.5, 0.6) is 0 Å². The van der Waals surface area contributed by atoms with E-state index in [4.69, 9.17) is 4.74 Å². The van der Waals surface area contributed by atoms with E-state index in [0.29, 0.717) is 13.0 Å². The number of esters is 1. The Labute approximate surface area is 152 Å². The third-order valence-electron chi connectivity index (χ3n) is 4.37. The van der Waals surface area contributed by atoms with E-state index in [1.807, 2.05) is 60.7 Å². The normalized spacial score (nSPS) is 16.9. The molecule has 3 rings (SSSR count). The van der Waals surface area contributed by atoms with Crippen molar-refractivity contribution < 1.29 is 19.4 Å². The summed E-state index contributed by atoms with van der Waals surface area (Å²) in [5.74, 6) is -1.48. The van der Waals surface area contributed by atoms with Crippen molar-refractivity contribution in [2.75, 3.05) is 6.61 Å². The molecule has 1 heterocycles. The summed E-state index contributed by atoms with van der Waals surface area (Å²) in [6.45, 7) is 2.12. The SMILES string of the molecule is CCOC(=O)C1=C(O)[C@@H](Cc2ccccc2)N(Cc2ccccc2)C1=O. The van der Waals surface area contributed by atoms with E-state index < -0.39 is 17.9 Å². The fourth-order valence-corrected chi connectivity index (χ4v) is 3.11. The number of carbonyl (C=O) groups is 2. The van der Waals surface area contributed by atoms with Crippen LogP contribution in [0.3, 0.4) is 0 Å². The van der Waals surface area contributed by atoms with Gasteiger partial charge in [0.1, 0.15) is 5.76 Å². The second-order valence-electron chi connectivity index (χ2n) is 6.10. The lowest BCUT2D eigenvalue weighted by molar-refractivity contribution is -0.141. The van der Waals surface area contributed by atoms with Gasteiger partial charge in [-0.3, -0.25) is 4.79 Å². The molecular weight excluding hydrogens is 330 g/mol. The number of hydrogen-bond donors (Lipinski definition) is 1. The molecule has 5 nitrogen and oxygen atoms in total. The first-order valence-electron chi connectivity index (χ1n) is 8.61. The van der Waals surface area contributed by atoms with Crippen molar-refractivity contribution in [3.05, 3.63) is 83.1 Å². The van der Waals surface area contributed by atoms with Crippen molar-refractivity contribution in [2.24, 2.45) is 0 Å². The van der Waals surface area contributed by atoms with Gasteiger partial charge in [0.2, 0.25) is 0 Å². The first-order valence-corrected chi connectivity index (χ1v) is 8.61. The molecule has 134 valence electrons. The lowest BCUT2D eigenvalue weighted by atomic mass is 10.0. The summed E-state index contributed by atoms with van der Waals surface area (Å²) in [4.78, 5) is 26.6. The topological polar surface area (TPSA) is 66.8 Å². The third kappa shape index (κ3) is 3.61. The van der Waals surface area contributed by atoms with Crippen molar-refractivity contribution in [3.63, 3.8) is 0 Å². The van der Waals surface area contributed by atoms with Gasteiger partial charge in [0.05, 0.1) is 12.6 Å². The highest BCUT2D eigenvalue weighted by Crippen LogP contribution is 2.29. The fraction of sp³-hybridized carbons (Fsp3) is 0.238. The average molecular weight is 351 g/mol. The van der Waals surface area contributed by atoms with Crippen LogP contribution >= 0.6 is 0 Å². The molecule has 26 heavy (non-hydrogen) atoms. The van der Waals surface area contributed by atoms with E-state index in [0.717, 1.165) is 11.1 Å². The lowest BCUT2D eigenvalue weighted by Gasteiger charge is -2.25. The van der Waals surface area contributed by atoms with Gasteiger partial charge in [-0.1, -0.05) is 60.7 Å². The van der Waals surface area contributed by atoms with Crippen LogP contribution in [0.25, 0.3) is 0 Å². The van der Waals surface area contributed by atoms with Gasteiger partial charge < -0.3 is 14.7 Å². The summed E-state index contributed by atoms with van der Waals surface area (Å²) in [5, 5.41) is 10.6. The molecule has 1 aliphatic rings. The number of carbonyl (C=O) groups excluding carboxylic acids is 2. The highest BCUT2D eigenvalue weighted by molar-refractivity contribution is 6.18. The predicted octanol–water partition coefficient (Wildman–Crippen LogP) is 3.02. The Morgan fingerprint density at radius 2 is 1.62 bits per heavy atom. The van der Waals surface area contributed by atoms with Crippen molar-refractivity contribution in [1.29, 1.82) is 0 Å². The quantitative estimate of drug-likeness (QED) is 0.642. The van der Waals surface area contributed by atoms with Crippen molar-refractivity contribution in [2.45, 2.75) is 25.9 Å². The second-order valence-corrected chi connectivity index (χ2v) is 6.10. The minimum absolute atomic E-state index is 0.144. The number of rotatable bonds is 6. The molecule has 2 aromatic rings. The lowest BCUT2D eigenvalue weighted by Crippen LogP contribution is -2.37. The number of amides is 1. The maximum atomic E-state index is 12.8. The van der Waals surface area contributed by atoms with E-state index in [2.05, 4.69) is 0 Å². The Morgan fingerprint density at radius 1 is 1.04 bits per heavy atom. The Balaban J connectivity index is 1.92. The number of hydrogen-bond acceptors (Lipinski definition) is 4. The van der Waals surface area contributed by atoms with Gasteiger partial charge in [-0.25, -0.2) is 4.79 Å². The van der Waals surface area contributed by atoms with E-state index in [-0.39, 0.29) is 17.9 Å². The number of aliphatic hydroxyl groups is 1. The molecule has 1 atom stereocenters. The first-order chi connectivity index (χ1) is 12.6. The minimum Gasteiger partial charge on any atom is -0.509 e. The third-order valence-corrected chi connectivity index (χ3v) is 4.37. The molecule has 0 spiro atoms. The first kappa shape index (κ1) is 17.7. The molecule has 0 unspecified atom stereocenters. The fourth-order valence-electron chi connectivity index (χ4n) is 3.11. The average Bonchev–Trinajstić information content (AvgIpc) is 2.88. The van der Waals surface area contributed by atoms with Gasteiger partial charge >= 0.3 is 5.97 Å². The zero-order valence-corrected chi connectivity index (χ0v) is 14.6. The van der Waals surface area contributed by atoms with Gasteiger partial charge in [0, 0.05) is 13.0 Å². The number of aliphatic hydroxyl groups excluding tert-OH is 1. The zero-order valence-electron chi connectivity index (χ0n) is 14.6. The highest BCUT2D eigenvalue weighted by atomic mass is 16.5. The number of benzene rings is 2. The summed E-state index contributed by atoms with van der Waals surface area (Å²) >= 11 is 0. The van der Waals surface area contributed by atoms with Crippen LogP contribution in [-0.2, 0) is 27.3 Å². The molecule has 0 bridgehead atoms. The van der Waals surface area contributed by atoms with E-state index in [1.54, 1.807) is 6.92 Å². The van der Waals surface area contributed by atoms with Crippen LogP contribution in [0, 0.1) is 0 Å². The van der Waals surface area contributed by atoms with Gasteiger partial charge in [0.15, 0.2) is 5.57 Å². The molecule has 0 fully saturated rings. The van der Waals surface area contributed by atoms with Crippen molar-refractivity contribution >= 4 is 11.9 Å². The smallest absolute Gasteiger partial charge is 0.347 e. The molecule has 0 saturated heterocycles. The molecule has 0 aromatic heterocycles. The molecule has 0 saturated carbocycles. The van der Waals surface area contributed by atoms with E-state index in [1.165, 1.54) is 4.90 Å². The maximum absolute atomic E-state index is 12.8.